The van der Waals surface area contributed by atoms with Gasteiger partial charge in [-0.2, -0.15) is 105 Å². The van der Waals surface area contributed by atoms with Gasteiger partial charge >= 0.3 is 57.2 Å². The van der Waals surface area contributed by atoms with Crippen molar-refractivity contribution in [2.75, 3.05) is 0 Å². The number of benzene rings is 9. The van der Waals surface area contributed by atoms with E-state index in [4.69, 9.17) is 9.05 Å². The Balaban J connectivity index is 1.23. The molecule has 0 amide bonds. The fourth-order valence-corrected chi connectivity index (χ4v) is 12.1. The fourth-order valence-electron chi connectivity index (χ4n) is 11.1. The highest BCUT2D eigenvalue weighted by atomic mass is 31.2. The quantitative estimate of drug-likeness (QED) is 0.133. The Morgan fingerprint density at radius 1 is 0.355 bits per heavy atom. The van der Waals surface area contributed by atoms with Crippen LogP contribution >= 0.6 is 7.82 Å². The van der Waals surface area contributed by atoms with Crippen LogP contribution in [-0.2, 0) is 58.5 Å². The van der Waals surface area contributed by atoms with Crippen molar-refractivity contribution in [2.24, 2.45) is 0 Å². The SMILES string of the molecule is O=P1(O)Oc2c(-c3cc(-c4cc(C(F)(F)F)cc(C(F)(F)F)c4)cc(-c4cc(C(F)(F)F)cc(C(F)(F)F)c4)c3)cc3ccccc3c2C2=c3ccccc3=C[C@@H](c3cc(-c4cc(C(F)(F)F)cc(C(F)(F)F)c4)cc(-c4cc(C(F)(F)F)cc(C(F)(F)F)c4)c3)C2O1. The van der Waals surface area contributed by atoms with Crippen molar-refractivity contribution in [1.82, 2.24) is 0 Å². The van der Waals surface area contributed by atoms with Crippen molar-refractivity contribution in [3.63, 3.8) is 0 Å². The Bertz CT molecular complexity index is 4380. The smallest absolute Gasteiger partial charge is 0.403 e. The molecule has 0 saturated heterocycles. The molecular formula is C64H31F24O4P. The second kappa shape index (κ2) is 22.2. The molecule has 0 bridgehead atoms. The summed E-state index contributed by atoms with van der Waals surface area (Å²) < 4.78 is 374. The van der Waals surface area contributed by atoms with E-state index in [2.05, 4.69) is 0 Å². The van der Waals surface area contributed by atoms with E-state index < -0.39 is 181 Å². The van der Waals surface area contributed by atoms with Crippen LogP contribution in [0.1, 0.15) is 61.6 Å². The van der Waals surface area contributed by atoms with Crippen LogP contribution in [0.5, 0.6) is 5.75 Å². The highest BCUT2D eigenvalue weighted by Gasteiger charge is 2.46. The van der Waals surface area contributed by atoms with E-state index in [0.29, 0.717) is 12.1 Å². The lowest BCUT2D eigenvalue weighted by Crippen LogP contribution is -2.39. The van der Waals surface area contributed by atoms with Crippen LogP contribution in [0.4, 0.5) is 105 Å². The molecular weight excluding hydrogens is 1320 g/mol. The van der Waals surface area contributed by atoms with Crippen LogP contribution in [0, 0.1) is 0 Å². The Kier molecular flexibility index (Phi) is 15.7. The summed E-state index contributed by atoms with van der Waals surface area (Å²) >= 11 is 0. The van der Waals surface area contributed by atoms with Gasteiger partial charge in [0.05, 0.1) is 44.5 Å². The molecule has 0 radical (unpaired) electrons. The van der Waals surface area contributed by atoms with E-state index >= 15 is 0 Å². The van der Waals surface area contributed by atoms with Crippen molar-refractivity contribution in [3.05, 3.63) is 230 Å². The summed E-state index contributed by atoms with van der Waals surface area (Å²) in [6, 6.07) is 17.1. The van der Waals surface area contributed by atoms with Crippen molar-refractivity contribution in [1.29, 1.82) is 0 Å². The number of rotatable bonds is 6. The van der Waals surface area contributed by atoms with Gasteiger partial charge in [0.2, 0.25) is 0 Å². The Morgan fingerprint density at radius 2 is 0.667 bits per heavy atom. The Morgan fingerprint density at radius 3 is 1.03 bits per heavy atom. The first-order chi connectivity index (χ1) is 42.8. The molecule has 1 N–H and O–H groups in total. The molecule has 1 aliphatic heterocycles. The summed E-state index contributed by atoms with van der Waals surface area (Å²) in [6.07, 6.45) is -45.2. The Hall–Kier alpha value is -8.75. The largest absolute Gasteiger partial charge is 0.528 e. The minimum Gasteiger partial charge on any atom is -0.403 e. The zero-order chi connectivity index (χ0) is 67.9. The molecule has 9 aromatic rings. The molecule has 0 saturated carbocycles. The maximum atomic E-state index is 14.9. The molecule has 4 nitrogen and oxygen atoms in total. The summed E-state index contributed by atoms with van der Waals surface area (Å²) in [4.78, 5) is 12.0. The zero-order valence-corrected chi connectivity index (χ0v) is 46.4. The van der Waals surface area contributed by atoms with Gasteiger partial charge in [-0.3, -0.25) is 9.42 Å². The van der Waals surface area contributed by atoms with E-state index in [-0.39, 0.29) is 105 Å². The van der Waals surface area contributed by atoms with Gasteiger partial charge in [-0.1, -0.05) is 66.7 Å². The van der Waals surface area contributed by atoms with Crippen molar-refractivity contribution in [2.45, 2.75) is 61.4 Å². The molecule has 0 aromatic heterocycles. The molecule has 484 valence electrons. The van der Waals surface area contributed by atoms with Crippen LogP contribution in [0.2, 0.25) is 0 Å². The summed E-state index contributed by atoms with van der Waals surface area (Å²) in [5.41, 5.74) is -24.7. The average Bonchev–Trinajstić information content (AvgIpc) is 1.70. The van der Waals surface area contributed by atoms with Crippen LogP contribution in [0.15, 0.2) is 164 Å². The van der Waals surface area contributed by atoms with Gasteiger partial charge in [-0.05, 0) is 180 Å². The number of alkyl halides is 24. The predicted octanol–water partition coefficient (Wildman–Crippen LogP) is 21.0. The third-order valence-corrected chi connectivity index (χ3v) is 16.1. The van der Waals surface area contributed by atoms with Gasteiger partial charge in [-0.25, -0.2) is 4.57 Å². The van der Waals surface area contributed by atoms with E-state index in [1.54, 1.807) is 0 Å². The minimum absolute atomic E-state index is 0.00584. The average molecular weight is 1350 g/mol. The van der Waals surface area contributed by atoms with Crippen LogP contribution in [0.25, 0.3) is 78.1 Å². The molecule has 29 heteroatoms. The number of hydrogen-bond donors (Lipinski definition) is 1. The summed E-state index contributed by atoms with van der Waals surface area (Å²) in [5.74, 6) is -2.63. The first-order valence-electron chi connectivity index (χ1n) is 26.4. The zero-order valence-electron chi connectivity index (χ0n) is 45.5. The molecule has 0 fully saturated rings. The highest BCUT2D eigenvalue weighted by Crippen LogP contribution is 2.59. The van der Waals surface area contributed by atoms with Crippen LogP contribution in [0.3, 0.4) is 0 Å². The van der Waals surface area contributed by atoms with E-state index in [9.17, 15) is 115 Å². The lowest BCUT2D eigenvalue weighted by atomic mass is 9.77. The molecule has 2 aliphatic rings. The van der Waals surface area contributed by atoms with Crippen molar-refractivity contribution >= 4 is 30.2 Å². The monoisotopic (exact) mass is 1350 g/mol. The topological polar surface area (TPSA) is 55.8 Å². The van der Waals surface area contributed by atoms with Gasteiger partial charge in [0.1, 0.15) is 11.9 Å². The number of hydrogen-bond acceptors (Lipinski definition) is 3. The number of phosphoric ester groups is 1. The summed E-state index contributed by atoms with van der Waals surface area (Å²) in [6.45, 7) is 0. The number of halogens is 24. The van der Waals surface area contributed by atoms with Crippen LogP contribution in [-0.4, -0.2) is 11.0 Å². The minimum atomic E-state index is -5.97. The Labute approximate surface area is 505 Å². The lowest BCUT2D eigenvalue weighted by Gasteiger charge is -2.30. The molecule has 1 aliphatic carbocycles. The molecule has 2 unspecified atom stereocenters. The third-order valence-electron chi connectivity index (χ3n) is 15.2. The van der Waals surface area contributed by atoms with E-state index in [0.717, 1.165) is 30.3 Å². The first kappa shape index (κ1) is 65.7. The molecule has 1 heterocycles. The number of fused-ring (bicyclic) bond motifs is 6. The van der Waals surface area contributed by atoms with Crippen molar-refractivity contribution < 1.29 is 124 Å². The molecule has 11 rings (SSSR count). The van der Waals surface area contributed by atoms with Crippen LogP contribution < -0.4 is 15.0 Å². The molecule has 0 spiro atoms. The fraction of sp³-hybridized carbons (Fsp3) is 0.156. The van der Waals surface area contributed by atoms with E-state index in [1.165, 1.54) is 54.6 Å². The normalized spacial score (nSPS) is 17.5. The highest BCUT2D eigenvalue weighted by molar-refractivity contribution is 7.48. The lowest BCUT2D eigenvalue weighted by molar-refractivity contribution is -0.144. The summed E-state index contributed by atoms with van der Waals surface area (Å²) in [7, 11) is -5.97. The summed E-state index contributed by atoms with van der Waals surface area (Å²) in [5, 5.41) is 0.0556. The van der Waals surface area contributed by atoms with Gasteiger partial charge in [-0.15, -0.1) is 0 Å². The maximum absolute atomic E-state index is 14.9. The second-order valence-corrected chi connectivity index (χ2v) is 22.8. The first-order valence-corrected chi connectivity index (χ1v) is 27.9. The predicted molar refractivity (Wildman–Crippen MR) is 288 cm³/mol. The number of phosphoric acid groups is 1. The van der Waals surface area contributed by atoms with Gasteiger partial charge in [0, 0.05) is 22.6 Å². The van der Waals surface area contributed by atoms with Gasteiger partial charge in [0.15, 0.2) is 0 Å². The third kappa shape index (κ3) is 13.3. The van der Waals surface area contributed by atoms with E-state index in [1.807, 2.05) is 0 Å². The molecule has 9 aromatic carbocycles. The second-order valence-electron chi connectivity index (χ2n) is 21.4. The standard InChI is InChI=1S/C64H31F24O4P/c65-57(66,67)41-15-35(16-42(25-41)58(68,69)70)31-9-32(36-17-43(59(71,72)73)26-44(18-36)60(74,75)76)12-39(11-31)51-23-29-5-1-3-7-49(29)53-54-50-8-4-2-6-30(50)24-52(56(54)92-93(89,90)91-55(51)53)40-13-33(37-19-45(61(77,78)79)27-46(20-37)62(80,81)82)10-34(14-40)38-21-47(63(83,84)85)28-48(22-38)64(86,87)88/h1-28,51,55H,(H,89,90)/t51-,55?/m0/s1. The molecule has 93 heavy (non-hydrogen) atoms. The van der Waals surface area contributed by atoms with Gasteiger partial charge < -0.3 is 4.52 Å². The maximum Gasteiger partial charge on any atom is 0.528 e. The molecule has 3 atom stereocenters. The van der Waals surface area contributed by atoms with Gasteiger partial charge in [0.25, 0.3) is 0 Å². The van der Waals surface area contributed by atoms with Crippen molar-refractivity contribution in [3.8, 4) is 61.4 Å².